The minimum Gasteiger partial charge on any atom is -0.439 e. The van der Waals surface area contributed by atoms with E-state index < -0.39 is 19.7 Å². The average molecular weight is 1070 g/mol. The third-order valence-corrected chi connectivity index (χ3v) is 15.5. The SMILES string of the molecule is CC(C)c1noc(C2CCN(c3nc4ccc(Oc5ccc(S(C)(=O)=O)cc5)nc4s3)CC2)n1.CC(C)c1noc(C2CCNCC2)n1.CS(=O)(=O)c1ccc(Oc2ccc3nc(Cl)sc3n2)cc1.Cl. The van der Waals surface area contributed by atoms with Crippen LogP contribution >= 0.6 is 46.7 Å². The number of ether oxygens (including phenoxy) is 2. The lowest BCUT2D eigenvalue weighted by Gasteiger charge is -2.29. The number of aromatic nitrogens is 8. The summed E-state index contributed by atoms with van der Waals surface area (Å²) in [4.78, 5) is 31.0. The summed E-state index contributed by atoms with van der Waals surface area (Å²) in [7, 11) is -6.46. The number of hydrogen-bond donors (Lipinski definition) is 1. The second-order valence-corrected chi connectivity index (χ2v) is 23.7. The minimum absolute atomic E-state index is 0. The van der Waals surface area contributed by atoms with Crippen LogP contribution in [0, 0.1) is 0 Å². The standard InChI is InChI=1S/C23H25N5O4S2.C13H9ClN2O3S2.C10H17N3O.ClH/c1-14(2)20-26-21(32-27-20)15-10-12-28(13-11-15)23-24-18-8-9-19(25-22(18)33-23)31-16-4-6-17(7-5-16)34(3,29)30;1-21(17,18)9-4-2-8(3-5-9)19-11-7-6-10-12(16-11)20-13(14)15-10;1-7(2)9-12-10(14-13-9)8-3-5-11-6-4-8;/h4-9,14-15H,10-13H2,1-3H3;2-7H,1H3;7-8,11H,3-6H2,1-2H3;1H. The summed E-state index contributed by atoms with van der Waals surface area (Å²) in [5, 5.41) is 12.3. The van der Waals surface area contributed by atoms with Crippen molar-refractivity contribution < 1.29 is 35.4 Å². The molecule has 8 aromatic rings. The summed E-state index contributed by atoms with van der Waals surface area (Å²) in [6.07, 6.45) is 6.42. The highest BCUT2D eigenvalue weighted by Gasteiger charge is 2.28. The first-order valence-electron chi connectivity index (χ1n) is 22.2. The molecule has 2 aliphatic heterocycles. The summed E-state index contributed by atoms with van der Waals surface area (Å²) in [5.41, 5.74) is 1.53. The van der Waals surface area contributed by atoms with E-state index in [9.17, 15) is 16.8 Å². The Labute approximate surface area is 424 Å². The second kappa shape index (κ2) is 22.8. The molecule has 0 unspecified atom stereocenters. The van der Waals surface area contributed by atoms with Gasteiger partial charge >= 0.3 is 0 Å². The number of halogens is 2. The van der Waals surface area contributed by atoms with Gasteiger partial charge in [0.25, 0.3) is 0 Å². The smallest absolute Gasteiger partial charge is 0.229 e. The number of thiazole rings is 2. The fourth-order valence-corrected chi connectivity index (χ4v) is 10.5. The third-order valence-electron chi connectivity index (χ3n) is 11.1. The van der Waals surface area contributed by atoms with Gasteiger partial charge in [0.2, 0.25) is 23.5 Å². The highest BCUT2D eigenvalue weighted by molar-refractivity contribution is 7.91. The Morgan fingerprint density at radius 1 is 0.614 bits per heavy atom. The van der Waals surface area contributed by atoms with E-state index >= 15 is 0 Å². The molecule has 2 saturated heterocycles. The molecule has 0 radical (unpaired) electrons. The van der Waals surface area contributed by atoms with E-state index in [0.29, 0.717) is 49.9 Å². The zero-order valence-corrected chi connectivity index (χ0v) is 43.9. The number of pyridine rings is 2. The summed E-state index contributed by atoms with van der Waals surface area (Å²) >= 11 is 8.62. The number of nitrogens with one attached hydrogen (secondary N) is 1. The first kappa shape index (κ1) is 52.5. The van der Waals surface area contributed by atoms with Crippen LogP contribution in [-0.4, -0.2) is 95.7 Å². The maximum absolute atomic E-state index is 11.6. The van der Waals surface area contributed by atoms with Gasteiger partial charge in [0, 0.05) is 61.4 Å². The van der Waals surface area contributed by atoms with Crippen LogP contribution in [-0.2, 0) is 19.7 Å². The van der Waals surface area contributed by atoms with Gasteiger partial charge in [-0.2, -0.15) is 9.97 Å². The fourth-order valence-electron chi connectivity index (χ4n) is 7.24. The number of rotatable bonds is 11. The zero-order chi connectivity index (χ0) is 48.9. The molecule has 18 nitrogen and oxygen atoms in total. The largest absolute Gasteiger partial charge is 0.439 e. The van der Waals surface area contributed by atoms with E-state index in [2.05, 4.69) is 73.1 Å². The van der Waals surface area contributed by atoms with Gasteiger partial charge in [0.05, 0.1) is 9.79 Å². The molecule has 372 valence electrons. The first-order valence-corrected chi connectivity index (χ1v) is 28.0. The van der Waals surface area contributed by atoms with Crippen LogP contribution < -0.4 is 19.7 Å². The maximum atomic E-state index is 11.6. The van der Waals surface area contributed by atoms with Gasteiger partial charge in [-0.1, -0.05) is 72.3 Å². The lowest BCUT2D eigenvalue weighted by atomic mass is 9.97. The predicted molar refractivity (Wildman–Crippen MR) is 272 cm³/mol. The van der Waals surface area contributed by atoms with Crippen molar-refractivity contribution in [2.75, 3.05) is 43.6 Å². The van der Waals surface area contributed by atoms with Crippen molar-refractivity contribution in [3.8, 4) is 23.3 Å². The van der Waals surface area contributed by atoms with Gasteiger partial charge < -0.3 is 28.7 Å². The number of benzene rings is 2. The molecular formula is C46H52Cl2N10O8S4. The Morgan fingerprint density at radius 3 is 1.50 bits per heavy atom. The number of piperidine rings is 2. The van der Waals surface area contributed by atoms with Crippen molar-refractivity contribution in [2.45, 2.75) is 86.8 Å². The molecular weight excluding hydrogens is 1020 g/mol. The van der Waals surface area contributed by atoms with Crippen LogP contribution in [0.1, 0.15) is 100 Å². The molecule has 0 amide bonds. The van der Waals surface area contributed by atoms with Crippen LogP contribution in [0.4, 0.5) is 5.13 Å². The fraction of sp³-hybridized carbons (Fsp3) is 0.391. The topological polar surface area (TPSA) is 231 Å². The molecule has 0 atom stereocenters. The van der Waals surface area contributed by atoms with E-state index in [0.717, 1.165) is 97.0 Å². The lowest BCUT2D eigenvalue weighted by molar-refractivity contribution is 0.317. The van der Waals surface area contributed by atoms with Crippen LogP contribution in [0.2, 0.25) is 4.47 Å². The van der Waals surface area contributed by atoms with E-state index in [1.807, 2.05) is 6.07 Å². The zero-order valence-electron chi connectivity index (χ0n) is 39.1. The van der Waals surface area contributed by atoms with E-state index in [1.54, 1.807) is 42.5 Å². The molecule has 0 aliphatic carbocycles. The molecule has 70 heavy (non-hydrogen) atoms. The van der Waals surface area contributed by atoms with Crippen molar-refractivity contribution in [1.82, 2.24) is 45.5 Å². The molecule has 2 aromatic carbocycles. The number of fused-ring (bicyclic) bond motifs is 2. The van der Waals surface area contributed by atoms with Crippen LogP contribution in [0.5, 0.6) is 23.3 Å². The molecule has 10 rings (SSSR count). The number of hydrogen-bond acceptors (Lipinski definition) is 20. The molecule has 8 heterocycles. The van der Waals surface area contributed by atoms with E-state index in [-0.39, 0.29) is 34.0 Å². The number of anilines is 1. The summed E-state index contributed by atoms with van der Waals surface area (Å²) in [5.74, 6) is 6.38. The monoisotopic (exact) mass is 1070 g/mol. The lowest BCUT2D eigenvalue weighted by Crippen LogP contribution is -2.32. The molecule has 0 spiro atoms. The van der Waals surface area contributed by atoms with Crippen LogP contribution in [0.3, 0.4) is 0 Å². The van der Waals surface area contributed by atoms with Gasteiger partial charge in [0.15, 0.2) is 40.9 Å². The second-order valence-electron chi connectivity index (χ2n) is 17.2. The van der Waals surface area contributed by atoms with Crippen molar-refractivity contribution in [2.24, 2.45) is 0 Å². The molecule has 0 bridgehead atoms. The van der Waals surface area contributed by atoms with Gasteiger partial charge in [-0.25, -0.2) is 36.8 Å². The van der Waals surface area contributed by atoms with E-state index in [1.165, 1.54) is 53.2 Å². The minimum atomic E-state index is -3.25. The normalized spacial score (nSPS) is 14.8. The van der Waals surface area contributed by atoms with Gasteiger partial charge in [-0.3, -0.25) is 0 Å². The van der Waals surface area contributed by atoms with Crippen molar-refractivity contribution in [3.63, 3.8) is 0 Å². The quantitative estimate of drug-likeness (QED) is 0.127. The number of sulfone groups is 2. The van der Waals surface area contributed by atoms with E-state index in [4.69, 9.17) is 35.1 Å². The molecule has 1 N–H and O–H groups in total. The predicted octanol–water partition coefficient (Wildman–Crippen LogP) is 10.4. The summed E-state index contributed by atoms with van der Waals surface area (Å²) < 4.78 is 68.6. The summed E-state index contributed by atoms with van der Waals surface area (Å²) in [6, 6.07) is 19.6. The van der Waals surface area contributed by atoms with Gasteiger partial charge in [-0.05, 0) is 99.4 Å². The Morgan fingerprint density at radius 2 is 1.06 bits per heavy atom. The highest BCUT2D eigenvalue weighted by Crippen LogP contribution is 2.35. The first-order chi connectivity index (χ1) is 32.9. The van der Waals surface area contributed by atoms with Gasteiger partial charge in [0.1, 0.15) is 32.2 Å². The van der Waals surface area contributed by atoms with Gasteiger partial charge in [-0.15, -0.1) is 12.4 Å². The average Bonchev–Trinajstić information content (AvgIpc) is 4.16. The molecule has 0 saturated carbocycles. The summed E-state index contributed by atoms with van der Waals surface area (Å²) in [6.45, 7) is 12.1. The molecule has 2 fully saturated rings. The van der Waals surface area contributed by atoms with Crippen LogP contribution in [0.15, 0.2) is 91.6 Å². The Balaban J connectivity index is 0.000000170. The van der Waals surface area contributed by atoms with Crippen molar-refractivity contribution in [3.05, 3.63) is 101 Å². The molecule has 24 heteroatoms. The number of nitrogens with zero attached hydrogens (tertiary/aromatic N) is 9. The van der Waals surface area contributed by atoms with Crippen LogP contribution in [0.25, 0.3) is 20.7 Å². The van der Waals surface area contributed by atoms with Crippen molar-refractivity contribution in [1.29, 1.82) is 0 Å². The Bertz CT molecular complexity index is 3220. The molecule has 6 aromatic heterocycles. The maximum Gasteiger partial charge on any atom is 0.229 e. The Kier molecular flexibility index (Phi) is 17.1. The van der Waals surface area contributed by atoms with Crippen molar-refractivity contribution >= 4 is 92.2 Å². The highest BCUT2D eigenvalue weighted by atomic mass is 35.5. The molecule has 2 aliphatic rings. The Hall–Kier alpha value is -5.36. The third kappa shape index (κ3) is 13.5.